The smallest absolute Gasteiger partial charge is 0.259 e. The fourth-order valence-corrected chi connectivity index (χ4v) is 2.21. The zero-order valence-electron chi connectivity index (χ0n) is 11.4. The van der Waals surface area contributed by atoms with E-state index in [-0.39, 0.29) is 12.0 Å². The number of anilines is 1. The van der Waals surface area contributed by atoms with Gasteiger partial charge in [-0.25, -0.2) is 0 Å². The topological polar surface area (TPSA) is 64.8 Å². The maximum atomic E-state index is 12.6. The first-order valence-electron chi connectivity index (χ1n) is 6.55. The van der Waals surface area contributed by atoms with E-state index in [0.29, 0.717) is 43.3 Å². The zero-order chi connectivity index (χ0) is 13.8. The summed E-state index contributed by atoms with van der Waals surface area (Å²) in [5.41, 5.74) is 6.85. The van der Waals surface area contributed by atoms with Crippen molar-refractivity contribution in [3.63, 3.8) is 0 Å². The van der Waals surface area contributed by atoms with Crippen molar-refractivity contribution in [3.05, 3.63) is 23.8 Å². The monoisotopic (exact) mass is 264 g/mol. The third kappa shape index (κ3) is 2.98. The number of carbonyl (C=O) groups is 1. The van der Waals surface area contributed by atoms with Gasteiger partial charge in [-0.1, -0.05) is 6.07 Å². The number of benzene rings is 1. The number of amides is 1. The summed E-state index contributed by atoms with van der Waals surface area (Å²) in [4.78, 5) is 14.3. The average Bonchev–Trinajstić information content (AvgIpc) is 2.39. The number of nitrogens with zero attached hydrogens (tertiary/aromatic N) is 1. The van der Waals surface area contributed by atoms with E-state index in [4.69, 9.17) is 15.2 Å². The minimum Gasteiger partial charge on any atom is -0.493 e. The van der Waals surface area contributed by atoms with Gasteiger partial charge in [-0.3, -0.25) is 4.79 Å². The molecule has 104 valence electrons. The number of ether oxygens (including phenoxy) is 2. The van der Waals surface area contributed by atoms with Gasteiger partial charge in [0.05, 0.1) is 19.3 Å². The summed E-state index contributed by atoms with van der Waals surface area (Å²) in [5.74, 6) is 0.461. The minimum atomic E-state index is -0.0864. The molecule has 1 aliphatic heterocycles. The van der Waals surface area contributed by atoms with E-state index < -0.39 is 0 Å². The normalized spacial score (nSPS) is 19.3. The van der Waals surface area contributed by atoms with Crippen LogP contribution in [0, 0.1) is 0 Å². The highest BCUT2D eigenvalue weighted by atomic mass is 16.5. The molecule has 1 atom stereocenters. The van der Waals surface area contributed by atoms with E-state index in [2.05, 4.69) is 0 Å². The Kier molecular flexibility index (Phi) is 4.27. The second kappa shape index (κ2) is 5.93. The van der Waals surface area contributed by atoms with Gasteiger partial charge in [0.15, 0.2) is 0 Å². The molecule has 1 unspecified atom stereocenters. The highest BCUT2D eigenvalue weighted by Crippen LogP contribution is 2.26. The molecule has 1 aromatic carbocycles. The lowest BCUT2D eigenvalue weighted by Gasteiger charge is -2.31. The fourth-order valence-electron chi connectivity index (χ4n) is 2.21. The molecule has 0 aliphatic carbocycles. The first kappa shape index (κ1) is 13.7. The van der Waals surface area contributed by atoms with Crippen LogP contribution in [-0.2, 0) is 4.74 Å². The van der Waals surface area contributed by atoms with Gasteiger partial charge in [0.25, 0.3) is 5.91 Å². The highest BCUT2D eigenvalue weighted by Gasteiger charge is 2.26. The van der Waals surface area contributed by atoms with Gasteiger partial charge in [0.2, 0.25) is 0 Å². The molecule has 0 saturated carbocycles. The van der Waals surface area contributed by atoms with Crippen LogP contribution in [0.3, 0.4) is 0 Å². The molecule has 1 amide bonds. The molecule has 5 heteroatoms. The largest absolute Gasteiger partial charge is 0.493 e. The Morgan fingerprint density at radius 1 is 1.58 bits per heavy atom. The lowest BCUT2D eigenvalue weighted by Crippen LogP contribution is -2.44. The summed E-state index contributed by atoms with van der Waals surface area (Å²) in [5, 5.41) is 0. The molecule has 1 aromatic rings. The molecule has 0 bridgehead atoms. The molecular weight excluding hydrogens is 244 g/mol. The van der Waals surface area contributed by atoms with Gasteiger partial charge in [-0.05, 0) is 26.0 Å². The maximum Gasteiger partial charge on any atom is 0.259 e. The molecular formula is C14H20N2O3. The number of nitrogen functional groups attached to an aromatic ring is 1. The van der Waals surface area contributed by atoms with Crippen molar-refractivity contribution >= 4 is 11.6 Å². The van der Waals surface area contributed by atoms with Crippen molar-refractivity contribution in [1.82, 2.24) is 4.90 Å². The molecule has 19 heavy (non-hydrogen) atoms. The van der Waals surface area contributed by atoms with Crippen molar-refractivity contribution in [2.45, 2.75) is 20.0 Å². The van der Waals surface area contributed by atoms with E-state index >= 15 is 0 Å². The van der Waals surface area contributed by atoms with Crippen LogP contribution in [0.4, 0.5) is 5.69 Å². The number of morpholine rings is 1. The van der Waals surface area contributed by atoms with E-state index in [9.17, 15) is 4.79 Å². The predicted octanol–water partition coefficient (Wildman–Crippen LogP) is 1.53. The Balaban J connectivity index is 2.27. The van der Waals surface area contributed by atoms with Crippen LogP contribution in [0.2, 0.25) is 0 Å². The molecule has 1 fully saturated rings. The number of hydrogen-bond acceptors (Lipinski definition) is 4. The van der Waals surface area contributed by atoms with Crippen LogP contribution < -0.4 is 10.5 Å². The molecule has 1 aliphatic rings. The van der Waals surface area contributed by atoms with Crippen LogP contribution in [0.25, 0.3) is 0 Å². The maximum absolute atomic E-state index is 12.6. The summed E-state index contributed by atoms with van der Waals surface area (Å²) in [7, 11) is 0. The standard InChI is InChI=1S/C14H20N2O3/c1-3-18-12-6-4-5-11(15)13(12)14(17)16-7-8-19-10(2)9-16/h4-6,10H,3,7-9,15H2,1-2H3. The van der Waals surface area contributed by atoms with Crippen LogP contribution in [-0.4, -0.2) is 43.2 Å². The molecule has 0 spiro atoms. The summed E-state index contributed by atoms with van der Waals surface area (Å²) >= 11 is 0. The number of hydrogen-bond donors (Lipinski definition) is 1. The van der Waals surface area contributed by atoms with Crippen LogP contribution in [0.1, 0.15) is 24.2 Å². The summed E-state index contributed by atoms with van der Waals surface area (Å²) in [6.45, 7) is 6.07. The van der Waals surface area contributed by atoms with Gasteiger partial charge in [-0.2, -0.15) is 0 Å². The molecule has 5 nitrogen and oxygen atoms in total. The molecule has 2 N–H and O–H groups in total. The Morgan fingerprint density at radius 2 is 2.37 bits per heavy atom. The molecule has 1 heterocycles. The fraction of sp³-hybridized carbons (Fsp3) is 0.500. The lowest BCUT2D eigenvalue weighted by molar-refractivity contribution is -0.0125. The summed E-state index contributed by atoms with van der Waals surface area (Å²) in [6.07, 6.45) is 0.0539. The average molecular weight is 264 g/mol. The molecule has 2 rings (SSSR count). The van der Waals surface area contributed by atoms with Gasteiger partial charge in [-0.15, -0.1) is 0 Å². The minimum absolute atomic E-state index is 0.0539. The van der Waals surface area contributed by atoms with Gasteiger partial charge < -0.3 is 20.1 Å². The van der Waals surface area contributed by atoms with Gasteiger partial charge >= 0.3 is 0 Å². The third-order valence-electron chi connectivity index (χ3n) is 3.10. The Morgan fingerprint density at radius 3 is 3.05 bits per heavy atom. The SMILES string of the molecule is CCOc1cccc(N)c1C(=O)N1CCOC(C)C1. The second-order valence-corrected chi connectivity index (χ2v) is 4.59. The third-order valence-corrected chi connectivity index (χ3v) is 3.10. The lowest BCUT2D eigenvalue weighted by atomic mass is 10.1. The van der Waals surface area contributed by atoms with Gasteiger partial charge in [0.1, 0.15) is 11.3 Å². The van der Waals surface area contributed by atoms with Crippen molar-refractivity contribution in [2.24, 2.45) is 0 Å². The molecule has 0 aromatic heterocycles. The van der Waals surface area contributed by atoms with Gasteiger partial charge in [0, 0.05) is 18.8 Å². The Labute approximate surface area is 113 Å². The van der Waals surface area contributed by atoms with Crippen molar-refractivity contribution in [2.75, 3.05) is 32.0 Å². The Bertz CT molecular complexity index is 462. The van der Waals surface area contributed by atoms with E-state index in [0.717, 1.165) is 0 Å². The number of rotatable bonds is 3. The number of nitrogens with two attached hydrogens (primary N) is 1. The first-order valence-corrected chi connectivity index (χ1v) is 6.55. The van der Waals surface area contributed by atoms with Crippen molar-refractivity contribution in [3.8, 4) is 5.75 Å². The number of carbonyl (C=O) groups excluding carboxylic acids is 1. The summed E-state index contributed by atoms with van der Waals surface area (Å²) < 4.78 is 10.9. The van der Waals surface area contributed by atoms with E-state index in [1.54, 1.807) is 23.1 Å². The second-order valence-electron chi connectivity index (χ2n) is 4.59. The zero-order valence-corrected chi connectivity index (χ0v) is 11.4. The highest BCUT2D eigenvalue weighted by molar-refractivity contribution is 6.01. The van der Waals surface area contributed by atoms with E-state index in [1.807, 2.05) is 13.8 Å². The van der Waals surface area contributed by atoms with Crippen LogP contribution >= 0.6 is 0 Å². The van der Waals surface area contributed by atoms with Crippen LogP contribution in [0.5, 0.6) is 5.75 Å². The van der Waals surface area contributed by atoms with Crippen molar-refractivity contribution in [1.29, 1.82) is 0 Å². The molecule has 1 saturated heterocycles. The predicted molar refractivity (Wildman–Crippen MR) is 73.3 cm³/mol. The van der Waals surface area contributed by atoms with E-state index in [1.165, 1.54) is 0 Å². The Hall–Kier alpha value is -1.75. The first-order chi connectivity index (χ1) is 9.13. The van der Waals surface area contributed by atoms with Crippen LogP contribution in [0.15, 0.2) is 18.2 Å². The quantitative estimate of drug-likeness (QED) is 0.841. The van der Waals surface area contributed by atoms with Crippen molar-refractivity contribution < 1.29 is 14.3 Å². The summed E-state index contributed by atoms with van der Waals surface area (Å²) in [6, 6.07) is 5.29. The molecule has 0 radical (unpaired) electrons.